The van der Waals surface area contributed by atoms with Gasteiger partial charge in [-0.05, 0) is 37.3 Å². The van der Waals surface area contributed by atoms with E-state index >= 15 is 0 Å². The minimum atomic E-state index is -0.316. The molecule has 1 aliphatic heterocycles. The van der Waals surface area contributed by atoms with E-state index < -0.39 is 0 Å². The summed E-state index contributed by atoms with van der Waals surface area (Å²) in [5, 5.41) is 9.94. The Kier molecular flexibility index (Phi) is 6.75. The molecule has 0 spiro atoms. The molecule has 134 valence electrons. The molecule has 24 heavy (non-hydrogen) atoms. The second kappa shape index (κ2) is 8.58. The molecule has 0 aromatic heterocycles. The maximum absolute atomic E-state index is 12.6. The zero-order valence-corrected chi connectivity index (χ0v) is 15.3. The Bertz CT molecular complexity index is 568. The molecular formula is C18H26ClNO4. The summed E-state index contributed by atoms with van der Waals surface area (Å²) in [5.74, 6) is 1.37. The van der Waals surface area contributed by atoms with Crippen molar-refractivity contribution in [3.8, 4) is 11.5 Å². The summed E-state index contributed by atoms with van der Waals surface area (Å²) in [6.07, 6.45) is 1.81. The summed E-state index contributed by atoms with van der Waals surface area (Å²) >= 11 is 6.32. The van der Waals surface area contributed by atoms with Crippen LogP contribution >= 0.6 is 11.6 Å². The van der Waals surface area contributed by atoms with E-state index in [4.69, 9.17) is 21.1 Å². The molecule has 1 aliphatic rings. The van der Waals surface area contributed by atoms with E-state index in [1.165, 1.54) is 7.11 Å². The molecule has 1 heterocycles. The summed E-state index contributed by atoms with van der Waals surface area (Å²) in [5.41, 5.74) is 0.476. The van der Waals surface area contributed by atoms with Crippen LogP contribution in [0.5, 0.6) is 11.5 Å². The maximum atomic E-state index is 12.6. The first-order valence-corrected chi connectivity index (χ1v) is 8.77. The minimum Gasteiger partial charge on any atom is -0.493 e. The van der Waals surface area contributed by atoms with E-state index in [2.05, 4.69) is 13.8 Å². The first kappa shape index (κ1) is 18.9. The molecule has 0 aliphatic carbocycles. The normalized spacial score (nSPS) is 15.7. The minimum absolute atomic E-state index is 0.101. The molecule has 0 bridgehead atoms. The number of piperidine rings is 1. The lowest BCUT2D eigenvalue weighted by Gasteiger charge is -2.29. The van der Waals surface area contributed by atoms with Crippen molar-refractivity contribution in [3.63, 3.8) is 0 Å². The lowest BCUT2D eigenvalue weighted by Crippen LogP contribution is -2.40. The third-order valence-electron chi connectivity index (χ3n) is 4.17. The van der Waals surface area contributed by atoms with Crippen LogP contribution in [0.4, 0.5) is 0 Å². The largest absolute Gasteiger partial charge is 0.493 e. The second-order valence-electron chi connectivity index (χ2n) is 6.54. The van der Waals surface area contributed by atoms with E-state index in [0.717, 1.165) is 6.42 Å². The average Bonchev–Trinajstić information content (AvgIpc) is 2.55. The number of methoxy groups -OCH3 is 1. The molecular weight excluding hydrogens is 330 g/mol. The molecule has 0 unspecified atom stereocenters. The lowest BCUT2D eigenvalue weighted by molar-refractivity contribution is 0.0546. The second-order valence-corrected chi connectivity index (χ2v) is 6.95. The van der Waals surface area contributed by atoms with Gasteiger partial charge in [0.25, 0.3) is 5.91 Å². The number of ether oxygens (including phenoxy) is 2. The number of hydrogen-bond acceptors (Lipinski definition) is 4. The molecule has 0 atom stereocenters. The van der Waals surface area contributed by atoms with Crippen molar-refractivity contribution in [1.82, 2.24) is 4.90 Å². The van der Waals surface area contributed by atoms with E-state index in [-0.39, 0.29) is 12.0 Å². The van der Waals surface area contributed by atoms with E-state index in [1.54, 1.807) is 17.0 Å². The molecule has 1 saturated heterocycles. The Morgan fingerprint density at radius 1 is 1.38 bits per heavy atom. The van der Waals surface area contributed by atoms with Crippen LogP contribution in [0.25, 0.3) is 0 Å². The Morgan fingerprint density at radius 3 is 2.62 bits per heavy atom. The Labute approximate surface area is 148 Å². The van der Waals surface area contributed by atoms with Gasteiger partial charge in [-0.15, -0.1) is 0 Å². The predicted octanol–water partition coefficient (Wildman–Crippen LogP) is 3.37. The van der Waals surface area contributed by atoms with Gasteiger partial charge < -0.3 is 19.5 Å². The van der Waals surface area contributed by atoms with Crippen molar-refractivity contribution in [2.45, 2.75) is 39.2 Å². The molecule has 0 saturated carbocycles. The number of carbonyl (C=O) groups excluding carboxylic acids is 1. The molecule has 0 radical (unpaired) electrons. The topological polar surface area (TPSA) is 59.0 Å². The third-order valence-corrected chi connectivity index (χ3v) is 4.45. The molecule has 1 N–H and O–H groups in total. The quantitative estimate of drug-likeness (QED) is 0.850. The third kappa shape index (κ3) is 4.77. The van der Waals surface area contributed by atoms with Gasteiger partial charge in [-0.2, -0.15) is 0 Å². The van der Waals surface area contributed by atoms with Gasteiger partial charge in [0, 0.05) is 18.7 Å². The summed E-state index contributed by atoms with van der Waals surface area (Å²) in [4.78, 5) is 14.4. The Balaban J connectivity index is 2.14. The predicted molar refractivity (Wildman–Crippen MR) is 94.1 cm³/mol. The van der Waals surface area contributed by atoms with Crippen LogP contribution in [0.3, 0.4) is 0 Å². The SMILES string of the molecule is COc1cc(C(=O)N2CCC(O)CC2)cc(Cl)c1OCCC(C)C. The van der Waals surface area contributed by atoms with Gasteiger partial charge in [-0.25, -0.2) is 0 Å². The fraction of sp³-hybridized carbons (Fsp3) is 0.611. The number of halogens is 1. The van der Waals surface area contributed by atoms with Crippen molar-refractivity contribution in [2.75, 3.05) is 26.8 Å². The molecule has 1 fully saturated rings. The number of hydrogen-bond donors (Lipinski definition) is 1. The maximum Gasteiger partial charge on any atom is 0.254 e. The number of nitrogens with zero attached hydrogens (tertiary/aromatic N) is 1. The first-order chi connectivity index (χ1) is 11.4. The molecule has 2 rings (SSSR count). The highest BCUT2D eigenvalue weighted by atomic mass is 35.5. The number of aliphatic hydroxyl groups excluding tert-OH is 1. The van der Waals surface area contributed by atoms with E-state index in [0.29, 0.717) is 60.5 Å². The molecule has 1 aromatic rings. The summed E-state index contributed by atoms with van der Waals surface area (Å²) in [6.45, 7) is 5.89. The van der Waals surface area contributed by atoms with Gasteiger partial charge in [-0.3, -0.25) is 4.79 Å². The van der Waals surface area contributed by atoms with Crippen LogP contribution in [-0.2, 0) is 0 Å². The molecule has 6 heteroatoms. The molecule has 1 aromatic carbocycles. The highest BCUT2D eigenvalue weighted by Gasteiger charge is 2.24. The van der Waals surface area contributed by atoms with Crippen molar-refractivity contribution in [1.29, 1.82) is 0 Å². The summed E-state index contributed by atoms with van der Waals surface area (Å²) < 4.78 is 11.1. The number of carbonyl (C=O) groups is 1. The fourth-order valence-electron chi connectivity index (χ4n) is 2.63. The van der Waals surface area contributed by atoms with Crippen LogP contribution in [0, 0.1) is 5.92 Å². The van der Waals surface area contributed by atoms with Gasteiger partial charge in [-0.1, -0.05) is 25.4 Å². The monoisotopic (exact) mass is 355 g/mol. The van der Waals surface area contributed by atoms with Crippen LogP contribution in [-0.4, -0.2) is 48.8 Å². The van der Waals surface area contributed by atoms with Crippen LogP contribution in [0.15, 0.2) is 12.1 Å². The highest BCUT2D eigenvalue weighted by Crippen LogP contribution is 2.37. The summed E-state index contributed by atoms with van der Waals surface area (Å²) in [7, 11) is 1.53. The average molecular weight is 356 g/mol. The van der Waals surface area contributed by atoms with Gasteiger partial charge in [0.15, 0.2) is 11.5 Å². The van der Waals surface area contributed by atoms with E-state index in [9.17, 15) is 9.90 Å². The van der Waals surface area contributed by atoms with Crippen LogP contribution in [0.2, 0.25) is 5.02 Å². The molecule has 1 amide bonds. The number of rotatable bonds is 6. The lowest BCUT2D eigenvalue weighted by atomic mass is 10.1. The van der Waals surface area contributed by atoms with Gasteiger partial charge >= 0.3 is 0 Å². The summed E-state index contributed by atoms with van der Waals surface area (Å²) in [6, 6.07) is 3.30. The van der Waals surface area contributed by atoms with Crippen molar-refractivity contribution in [3.05, 3.63) is 22.7 Å². The highest BCUT2D eigenvalue weighted by molar-refractivity contribution is 6.32. The van der Waals surface area contributed by atoms with Crippen molar-refractivity contribution in [2.24, 2.45) is 5.92 Å². The zero-order chi connectivity index (χ0) is 17.7. The Morgan fingerprint density at radius 2 is 2.04 bits per heavy atom. The van der Waals surface area contributed by atoms with Crippen LogP contribution in [0.1, 0.15) is 43.5 Å². The van der Waals surface area contributed by atoms with Gasteiger partial charge in [0.2, 0.25) is 0 Å². The number of benzene rings is 1. The first-order valence-electron chi connectivity index (χ1n) is 8.40. The zero-order valence-electron chi connectivity index (χ0n) is 14.5. The van der Waals surface area contributed by atoms with Crippen molar-refractivity contribution < 1.29 is 19.4 Å². The van der Waals surface area contributed by atoms with Crippen LogP contribution < -0.4 is 9.47 Å². The van der Waals surface area contributed by atoms with Gasteiger partial charge in [0.05, 0.1) is 24.8 Å². The van der Waals surface area contributed by atoms with Gasteiger partial charge in [0.1, 0.15) is 0 Å². The fourth-order valence-corrected chi connectivity index (χ4v) is 2.90. The standard InChI is InChI=1S/C18H26ClNO4/c1-12(2)6-9-24-17-15(19)10-13(11-16(17)23-3)18(22)20-7-4-14(21)5-8-20/h10-12,14,21H,4-9H2,1-3H3. The molecule has 5 nitrogen and oxygen atoms in total. The Hall–Kier alpha value is -1.46. The number of amides is 1. The smallest absolute Gasteiger partial charge is 0.254 e. The number of aliphatic hydroxyl groups is 1. The number of likely N-dealkylation sites (tertiary alicyclic amines) is 1. The van der Waals surface area contributed by atoms with Crippen molar-refractivity contribution >= 4 is 17.5 Å². The van der Waals surface area contributed by atoms with E-state index in [1.807, 2.05) is 0 Å².